The summed E-state index contributed by atoms with van der Waals surface area (Å²) in [6.45, 7) is 7.04. The zero-order valence-corrected chi connectivity index (χ0v) is 15.1. The number of aromatic nitrogens is 2. The van der Waals surface area contributed by atoms with Gasteiger partial charge in [0.15, 0.2) is 0 Å². The van der Waals surface area contributed by atoms with Crippen LogP contribution in [0.2, 0.25) is 0 Å². The van der Waals surface area contributed by atoms with Crippen molar-refractivity contribution in [1.82, 2.24) is 19.8 Å². The molecular formula is C20H28N4O. The van der Waals surface area contributed by atoms with Crippen LogP contribution in [0.1, 0.15) is 44.3 Å². The largest absolute Gasteiger partial charge is 0.352 e. The van der Waals surface area contributed by atoms with Crippen molar-refractivity contribution in [2.75, 3.05) is 19.6 Å². The van der Waals surface area contributed by atoms with E-state index in [4.69, 9.17) is 0 Å². The van der Waals surface area contributed by atoms with Gasteiger partial charge in [-0.1, -0.05) is 37.3 Å². The van der Waals surface area contributed by atoms with Gasteiger partial charge in [-0.15, -0.1) is 0 Å². The van der Waals surface area contributed by atoms with E-state index in [0.717, 1.165) is 19.0 Å². The first-order valence-corrected chi connectivity index (χ1v) is 9.19. The molecule has 0 saturated carbocycles. The van der Waals surface area contributed by atoms with E-state index >= 15 is 0 Å². The molecule has 1 aliphatic rings. The first-order valence-electron chi connectivity index (χ1n) is 9.19. The summed E-state index contributed by atoms with van der Waals surface area (Å²) in [5.74, 6) is 0.827. The molecule has 1 N–H and O–H groups in total. The minimum absolute atomic E-state index is 0.0318. The SMILES string of the molecule is CC1CCN(C(CNC(=O)C(C)n2ccnc2)c2ccccc2)CC1. The van der Waals surface area contributed by atoms with Gasteiger partial charge in [0.1, 0.15) is 6.04 Å². The molecule has 5 nitrogen and oxygen atoms in total. The number of nitrogens with zero attached hydrogens (tertiary/aromatic N) is 3. The summed E-state index contributed by atoms with van der Waals surface area (Å²) in [7, 11) is 0. The average molecular weight is 340 g/mol. The van der Waals surface area contributed by atoms with Gasteiger partial charge in [0.05, 0.1) is 12.4 Å². The maximum Gasteiger partial charge on any atom is 0.242 e. The molecule has 0 bridgehead atoms. The molecule has 5 heteroatoms. The van der Waals surface area contributed by atoms with Crippen LogP contribution in [0.5, 0.6) is 0 Å². The second-order valence-corrected chi connectivity index (χ2v) is 7.08. The van der Waals surface area contributed by atoms with Crippen LogP contribution in [-0.4, -0.2) is 40.0 Å². The summed E-state index contributed by atoms with van der Waals surface area (Å²) in [4.78, 5) is 19.1. The van der Waals surface area contributed by atoms with Crippen molar-refractivity contribution < 1.29 is 4.79 Å². The Morgan fingerprint density at radius 1 is 1.28 bits per heavy atom. The van der Waals surface area contributed by atoms with Gasteiger partial charge in [0.2, 0.25) is 5.91 Å². The van der Waals surface area contributed by atoms with E-state index < -0.39 is 0 Å². The molecule has 0 radical (unpaired) electrons. The first-order chi connectivity index (χ1) is 12.1. The van der Waals surface area contributed by atoms with Gasteiger partial charge in [-0.2, -0.15) is 0 Å². The molecule has 0 aliphatic carbocycles. The Morgan fingerprint density at radius 2 is 2.00 bits per heavy atom. The quantitative estimate of drug-likeness (QED) is 0.879. The number of likely N-dealkylation sites (tertiary alicyclic amines) is 1. The molecule has 1 aromatic carbocycles. The fraction of sp³-hybridized carbons (Fsp3) is 0.500. The van der Waals surface area contributed by atoms with Gasteiger partial charge in [-0.25, -0.2) is 4.98 Å². The Balaban J connectivity index is 1.66. The molecule has 2 atom stereocenters. The summed E-state index contributed by atoms with van der Waals surface area (Å²) in [6.07, 6.45) is 7.66. The number of nitrogens with one attached hydrogen (secondary N) is 1. The number of amides is 1. The van der Waals surface area contributed by atoms with Crippen LogP contribution >= 0.6 is 0 Å². The summed E-state index contributed by atoms with van der Waals surface area (Å²) in [5, 5.41) is 3.15. The molecule has 0 spiro atoms. The van der Waals surface area contributed by atoms with Crippen LogP contribution in [0.15, 0.2) is 49.1 Å². The fourth-order valence-corrected chi connectivity index (χ4v) is 3.45. The van der Waals surface area contributed by atoms with Crippen LogP contribution in [0.25, 0.3) is 0 Å². The number of imidazole rings is 1. The lowest BCUT2D eigenvalue weighted by molar-refractivity contribution is -0.124. The van der Waals surface area contributed by atoms with E-state index in [1.807, 2.05) is 23.8 Å². The normalized spacial score (nSPS) is 18.6. The second-order valence-electron chi connectivity index (χ2n) is 7.08. The summed E-state index contributed by atoms with van der Waals surface area (Å²) < 4.78 is 1.83. The standard InChI is InChI=1S/C20H28N4O/c1-16-8-11-23(12-9-16)19(18-6-4-3-5-7-18)14-22-20(25)17(2)24-13-10-21-15-24/h3-7,10,13,15-17,19H,8-9,11-12,14H2,1-2H3,(H,22,25). The minimum Gasteiger partial charge on any atom is -0.352 e. The van der Waals surface area contributed by atoms with Crippen molar-refractivity contribution in [2.45, 2.75) is 38.8 Å². The van der Waals surface area contributed by atoms with Gasteiger partial charge >= 0.3 is 0 Å². The predicted molar refractivity (Wildman–Crippen MR) is 99.1 cm³/mol. The van der Waals surface area contributed by atoms with E-state index in [9.17, 15) is 4.79 Å². The maximum absolute atomic E-state index is 12.5. The average Bonchev–Trinajstić information content (AvgIpc) is 3.18. The number of carbonyl (C=O) groups excluding carboxylic acids is 1. The first kappa shape index (κ1) is 17.7. The summed E-state index contributed by atoms with van der Waals surface area (Å²) >= 11 is 0. The van der Waals surface area contributed by atoms with Crippen LogP contribution in [-0.2, 0) is 4.79 Å². The van der Waals surface area contributed by atoms with Crippen LogP contribution in [0.3, 0.4) is 0 Å². The Bertz CT molecular complexity index is 648. The molecule has 3 rings (SSSR count). The van der Waals surface area contributed by atoms with Crippen molar-refractivity contribution in [3.63, 3.8) is 0 Å². The molecule has 2 unspecified atom stereocenters. The zero-order chi connectivity index (χ0) is 17.6. The minimum atomic E-state index is -0.250. The molecule has 1 amide bonds. The van der Waals surface area contributed by atoms with E-state index in [-0.39, 0.29) is 18.0 Å². The van der Waals surface area contributed by atoms with Crippen molar-refractivity contribution in [2.24, 2.45) is 5.92 Å². The van der Waals surface area contributed by atoms with Gasteiger partial charge < -0.3 is 9.88 Å². The summed E-state index contributed by atoms with van der Waals surface area (Å²) in [5.41, 5.74) is 1.27. The Kier molecular flexibility index (Phi) is 5.87. The van der Waals surface area contributed by atoms with Gasteiger partial charge in [0, 0.05) is 18.9 Å². The maximum atomic E-state index is 12.5. The second kappa shape index (κ2) is 8.30. The monoisotopic (exact) mass is 340 g/mol. The molecule has 2 heterocycles. The number of benzene rings is 1. The molecule has 1 fully saturated rings. The van der Waals surface area contributed by atoms with E-state index in [1.165, 1.54) is 18.4 Å². The third kappa shape index (κ3) is 4.48. The zero-order valence-electron chi connectivity index (χ0n) is 15.1. The molecule has 1 aliphatic heterocycles. The highest BCUT2D eigenvalue weighted by atomic mass is 16.2. The fourth-order valence-electron chi connectivity index (χ4n) is 3.45. The Hall–Kier alpha value is -2.14. The van der Waals surface area contributed by atoms with E-state index in [1.54, 1.807) is 12.5 Å². The van der Waals surface area contributed by atoms with Crippen molar-refractivity contribution in [3.8, 4) is 0 Å². The molecule has 1 aromatic heterocycles. The molecule has 134 valence electrons. The van der Waals surface area contributed by atoms with E-state index in [2.05, 4.69) is 46.4 Å². The number of rotatable bonds is 6. The van der Waals surface area contributed by atoms with Crippen LogP contribution in [0, 0.1) is 5.92 Å². The molecule has 25 heavy (non-hydrogen) atoms. The molecule has 2 aromatic rings. The van der Waals surface area contributed by atoms with Gasteiger partial charge in [-0.05, 0) is 44.3 Å². The number of hydrogen-bond acceptors (Lipinski definition) is 3. The van der Waals surface area contributed by atoms with Crippen molar-refractivity contribution in [1.29, 1.82) is 0 Å². The lowest BCUT2D eigenvalue weighted by Crippen LogP contribution is -2.43. The van der Waals surface area contributed by atoms with Crippen molar-refractivity contribution >= 4 is 5.91 Å². The number of carbonyl (C=O) groups is 1. The Labute approximate surface area is 150 Å². The number of piperidine rings is 1. The van der Waals surface area contributed by atoms with Gasteiger partial charge in [-0.3, -0.25) is 9.69 Å². The third-order valence-electron chi connectivity index (χ3n) is 5.26. The van der Waals surface area contributed by atoms with Crippen LogP contribution in [0.4, 0.5) is 0 Å². The summed E-state index contributed by atoms with van der Waals surface area (Å²) in [6, 6.07) is 10.5. The smallest absolute Gasteiger partial charge is 0.242 e. The third-order valence-corrected chi connectivity index (χ3v) is 5.26. The molecule has 1 saturated heterocycles. The highest BCUT2D eigenvalue weighted by Gasteiger charge is 2.25. The van der Waals surface area contributed by atoms with Crippen molar-refractivity contribution in [3.05, 3.63) is 54.6 Å². The van der Waals surface area contributed by atoms with E-state index in [0.29, 0.717) is 6.54 Å². The molecular weight excluding hydrogens is 312 g/mol. The lowest BCUT2D eigenvalue weighted by Gasteiger charge is -2.37. The highest BCUT2D eigenvalue weighted by Crippen LogP contribution is 2.26. The topological polar surface area (TPSA) is 50.2 Å². The van der Waals surface area contributed by atoms with Gasteiger partial charge in [0.25, 0.3) is 0 Å². The van der Waals surface area contributed by atoms with Crippen LogP contribution < -0.4 is 5.32 Å². The lowest BCUT2D eigenvalue weighted by atomic mass is 9.95. The highest BCUT2D eigenvalue weighted by molar-refractivity contribution is 5.79. The Morgan fingerprint density at radius 3 is 2.64 bits per heavy atom. The number of hydrogen-bond donors (Lipinski definition) is 1. The predicted octanol–water partition coefficient (Wildman–Crippen LogP) is 3.03.